The first-order valence-electron chi connectivity index (χ1n) is 12.0. The highest BCUT2D eigenvalue weighted by Crippen LogP contribution is 2.44. The molecule has 4 heteroatoms. The number of hydrogen-bond acceptors (Lipinski definition) is 3. The third-order valence-corrected chi connectivity index (χ3v) is 7.22. The summed E-state index contributed by atoms with van der Waals surface area (Å²) in [5.74, 6) is 0.419. The molecule has 0 aliphatic heterocycles. The Hall–Kier alpha value is -3.81. The summed E-state index contributed by atoms with van der Waals surface area (Å²) in [7, 11) is 0. The molecule has 0 saturated carbocycles. The van der Waals surface area contributed by atoms with E-state index in [4.69, 9.17) is 4.98 Å². The summed E-state index contributed by atoms with van der Waals surface area (Å²) in [6.07, 6.45) is 1.77. The molecule has 36 heavy (non-hydrogen) atoms. The van der Waals surface area contributed by atoms with Gasteiger partial charge in [0.2, 0.25) is 0 Å². The van der Waals surface area contributed by atoms with Crippen LogP contribution in [0.5, 0.6) is 0 Å². The number of pyridine rings is 2. The monoisotopic (exact) mass is 531 g/mol. The molecule has 0 saturated heterocycles. The van der Waals surface area contributed by atoms with Crippen molar-refractivity contribution in [1.82, 2.24) is 9.97 Å². The van der Waals surface area contributed by atoms with E-state index in [2.05, 4.69) is 78.9 Å². The lowest BCUT2D eigenvalue weighted by molar-refractivity contribution is 0.868. The van der Waals surface area contributed by atoms with E-state index < -0.39 is 0 Å². The van der Waals surface area contributed by atoms with Gasteiger partial charge in [0.05, 0.1) is 22.6 Å². The van der Waals surface area contributed by atoms with Crippen molar-refractivity contribution in [2.24, 2.45) is 0 Å². The summed E-state index contributed by atoms with van der Waals surface area (Å²) in [6, 6.07) is 27.2. The van der Waals surface area contributed by atoms with Crippen molar-refractivity contribution in [2.75, 3.05) is 0 Å². The number of benzene rings is 1. The van der Waals surface area contributed by atoms with Gasteiger partial charge < -0.3 is 0 Å². The van der Waals surface area contributed by atoms with Gasteiger partial charge in [0, 0.05) is 21.8 Å². The van der Waals surface area contributed by atoms with Gasteiger partial charge in [0.25, 0.3) is 0 Å². The fourth-order valence-electron chi connectivity index (χ4n) is 4.74. The van der Waals surface area contributed by atoms with Crippen molar-refractivity contribution in [3.63, 3.8) is 0 Å². The first kappa shape index (κ1) is 23.9. The normalized spacial score (nSPS) is 11.1. The van der Waals surface area contributed by atoms with Crippen molar-refractivity contribution >= 4 is 15.9 Å². The number of hydrogen-bond donors (Lipinski definition) is 0. The predicted molar refractivity (Wildman–Crippen MR) is 151 cm³/mol. The molecule has 3 aromatic rings. The Labute approximate surface area is 221 Å². The molecule has 0 spiro atoms. The number of nitrogens with zero attached hydrogens (tertiary/aromatic N) is 3. The molecule has 3 nitrogen and oxygen atoms in total. The second-order valence-corrected chi connectivity index (χ2v) is 10.4. The van der Waals surface area contributed by atoms with Crippen LogP contribution < -0.4 is 0 Å². The molecule has 0 atom stereocenters. The third kappa shape index (κ3) is 4.32. The molecular weight excluding hydrogens is 506 g/mol. The van der Waals surface area contributed by atoms with Gasteiger partial charge in [0.15, 0.2) is 0 Å². The molecular formula is C32H26BrN3. The first-order valence-corrected chi connectivity index (χ1v) is 12.8. The molecule has 0 bridgehead atoms. The minimum absolute atomic E-state index is 0.419. The van der Waals surface area contributed by atoms with Gasteiger partial charge in [-0.3, -0.25) is 4.98 Å². The fourth-order valence-corrected chi connectivity index (χ4v) is 5.00. The highest BCUT2D eigenvalue weighted by atomic mass is 79.9. The molecule has 0 fully saturated rings. The molecule has 0 amide bonds. The number of halogens is 1. The molecule has 5 rings (SSSR count). The van der Waals surface area contributed by atoms with E-state index in [1.807, 2.05) is 48.5 Å². The molecule has 176 valence electrons. The van der Waals surface area contributed by atoms with E-state index in [1.165, 1.54) is 22.3 Å². The smallest absolute Gasteiger partial charge is 0.102 e. The van der Waals surface area contributed by atoms with Crippen molar-refractivity contribution in [2.45, 2.75) is 33.6 Å². The minimum atomic E-state index is 0.419. The second-order valence-electron chi connectivity index (χ2n) is 9.46. The van der Waals surface area contributed by atoms with Crippen LogP contribution in [0.4, 0.5) is 0 Å². The van der Waals surface area contributed by atoms with Crippen molar-refractivity contribution in [1.29, 1.82) is 5.26 Å². The summed E-state index contributed by atoms with van der Waals surface area (Å²) in [4.78, 5) is 9.64. The lowest BCUT2D eigenvalue weighted by Gasteiger charge is -2.14. The topological polar surface area (TPSA) is 49.6 Å². The summed E-state index contributed by atoms with van der Waals surface area (Å²) < 4.78 is 0.991. The van der Waals surface area contributed by atoms with Crippen LogP contribution in [-0.2, 0) is 0 Å². The lowest BCUT2D eigenvalue weighted by Crippen LogP contribution is -1.98. The number of aromatic nitrogens is 2. The fraction of sp³-hybridized carbons (Fsp3) is 0.156. The zero-order valence-corrected chi connectivity index (χ0v) is 22.4. The van der Waals surface area contributed by atoms with Crippen LogP contribution >= 0.6 is 15.9 Å². The SMILES string of the molecule is Cc1cc(-c2nc(-c3ccccn3)cc(-c3ccc(Br)cc3)c2C#N)c2c(C)ccc(C(C)C)cc1-2. The Morgan fingerprint density at radius 2 is 1.58 bits per heavy atom. The zero-order valence-electron chi connectivity index (χ0n) is 20.8. The van der Waals surface area contributed by atoms with Crippen LogP contribution in [0.15, 0.2) is 83.5 Å². The molecule has 2 aliphatic rings. The number of aryl methyl sites for hydroxylation is 2. The molecule has 1 aromatic carbocycles. The summed E-state index contributed by atoms with van der Waals surface area (Å²) in [5.41, 5.74) is 11.6. The highest BCUT2D eigenvalue weighted by Gasteiger charge is 2.24. The van der Waals surface area contributed by atoms with Gasteiger partial charge in [-0.15, -0.1) is 0 Å². The van der Waals surface area contributed by atoms with Crippen LogP contribution in [0.25, 0.3) is 44.9 Å². The van der Waals surface area contributed by atoms with Crippen LogP contribution in [0.2, 0.25) is 0 Å². The van der Waals surface area contributed by atoms with E-state index in [1.54, 1.807) is 6.20 Å². The summed E-state index contributed by atoms with van der Waals surface area (Å²) >= 11 is 3.53. The average Bonchev–Trinajstić information content (AvgIpc) is 3.10. The molecule has 2 aliphatic carbocycles. The molecule has 2 aromatic heterocycles. The van der Waals surface area contributed by atoms with Gasteiger partial charge in [-0.1, -0.05) is 66.2 Å². The van der Waals surface area contributed by atoms with Crippen LogP contribution in [0.1, 0.15) is 42.0 Å². The Kier molecular flexibility index (Phi) is 6.43. The van der Waals surface area contributed by atoms with E-state index in [9.17, 15) is 5.26 Å². The van der Waals surface area contributed by atoms with Crippen molar-refractivity contribution in [3.05, 3.63) is 106 Å². The Morgan fingerprint density at radius 1 is 0.806 bits per heavy atom. The standard InChI is InChI=1S/C32H26BrN3/c1-19(2)23-9-8-20(3)31-25(16-23)21(4)15-27(31)32-28(18-34)26(22-10-12-24(33)13-11-22)17-30(36-32)29-7-5-6-14-35-29/h5-17,19H,1-4H3. The Balaban J connectivity index is 1.85. The third-order valence-electron chi connectivity index (χ3n) is 6.69. The van der Waals surface area contributed by atoms with E-state index in [0.29, 0.717) is 17.2 Å². The lowest BCUT2D eigenvalue weighted by atomic mass is 9.93. The molecule has 2 heterocycles. The van der Waals surface area contributed by atoms with Gasteiger partial charge in [-0.25, -0.2) is 4.98 Å². The molecule has 0 radical (unpaired) electrons. The maximum Gasteiger partial charge on any atom is 0.102 e. The van der Waals surface area contributed by atoms with Crippen molar-refractivity contribution in [3.8, 4) is 51.0 Å². The van der Waals surface area contributed by atoms with Crippen LogP contribution in [0.3, 0.4) is 0 Å². The predicted octanol–water partition coefficient (Wildman–Crippen LogP) is 8.96. The van der Waals surface area contributed by atoms with Crippen LogP contribution in [-0.4, -0.2) is 9.97 Å². The Morgan fingerprint density at radius 3 is 2.25 bits per heavy atom. The van der Waals surface area contributed by atoms with Crippen LogP contribution in [0, 0.1) is 25.2 Å². The largest absolute Gasteiger partial charge is 0.255 e. The van der Waals surface area contributed by atoms with Gasteiger partial charge >= 0.3 is 0 Å². The van der Waals surface area contributed by atoms with E-state index >= 15 is 0 Å². The van der Waals surface area contributed by atoms with Gasteiger partial charge in [0.1, 0.15) is 6.07 Å². The number of rotatable bonds is 4. The van der Waals surface area contributed by atoms with Gasteiger partial charge in [-0.2, -0.15) is 5.26 Å². The summed E-state index contributed by atoms with van der Waals surface area (Å²) in [5, 5.41) is 10.4. The number of nitriles is 1. The quantitative estimate of drug-likeness (QED) is 0.232. The minimum Gasteiger partial charge on any atom is -0.255 e. The highest BCUT2D eigenvalue weighted by molar-refractivity contribution is 9.10. The van der Waals surface area contributed by atoms with Gasteiger partial charge in [-0.05, 0) is 89.5 Å². The molecule has 0 N–H and O–H groups in total. The second kappa shape index (κ2) is 9.68. The maximum atomic E-state index is 10.4. The maximum absolute atomic E-state index is 10.4. The van der Waals surface area contributed by atoms with E-state index in [-0.39, 0.29) is 0 Å². The number of fused-ring (bicyclic) bond motifs is 1. The molecule has 0 unspecified atom stereocenters. The summed E-state index contributed by atoms with van der Waals surface area (Å²) in [6.45, 7) is 8.71. The van der Waals surface area contributed by atoms with E-state index in [0.717, 1.165) is 38.1 Å². The zero-order chi connectivity index (χ0) is 25.4. The Bertz CT molecular complexity index is 1580. The average molecular weight is 532 g/mol. The van der Waals surface area contributed by atoms with Crippen molar-refractivity contribution < 1.29 is 0 Å². The first-order chi connectivity index (χ1) is 17.4.